The first-order valence-corrected chi connectivity index (χ1v) is 11.0. The lowest BCUT2D eigenvalue weighted by atomic mass is 10.1. The van der Waals surface area contributed by atoms with Crippen molar-refractivity contribution in [1.29, 1.82) is 0 Å². The molecule has 2 N–H and O–H groups in total. The predicted octanol–water partition coefficient (Wildman–Crippen LogP) is 4.46. The van der Waals surface area contributed by atoms with Crippen molar-refractivity contribution in [3.05, 3.63) is 83.3 Å². The standard InChI is InChI=1S/C26H29FN4O2/c1-28-26(33)20-13-10-19(11-14-20)12-15-25(32)31(2)16-5-3-4-9-23-18-24(30-29-23)21-7-6-8-22(27)17-21/h6-8,10-15,17-18H,3-5,9,16H2,1-2H3,(H,28,33)(H,29,30). The van der Waals surface area contributed by atoms with E-state index in [4.69, 9.17) is 0 Å². The third-order valence-electron chi connectivity index (χ3n) is 5.39. The van der Waals surface area contributed by atoms with Gasteiger partial charge in [0.15, 0.2) is 0 Å². The van der Waals surface area contributed by atoms with E-state index in [1.165, 1.54) is 12.1 Å². The Bertz CT molecular complexity index is 1110. The predicted molar refractivity (Wildman–Crippen MR) is 128 cm³/mol. The number of rotatable bonds is 10. The van der Waals surface area contributed by atoms with Crippen LogP contribution in [-0.4, -0.2) is 47.6 Å². The highest BCUT2D eigenvalue weighted by Gasteiger charge is 2.07. The lowest BCUT2D eigenvalue weighted by Gasteiger charge is -2.14. The maximum atomic E-state index is 13.4. The maximum absolute atomic E-state index is 13.4. The van der Waals surface area contributed by atoms with Gasteiger partial charge in [0.1, 0.15) is 5.82 Å². The van der Waals surface area contributed by atoms with E-state index in [1.54, 1.807) is 49.3 Å². The minimum atomic E-state index is -0.274. The number of amides is 2. The molecule has 0 fully saturated rings. The Labute approximate surface area is 193 Å². The SMILES string of the molecule is CNC(=O)c1ccc(C=CC(=O)N(C)CCCCCc2cc(-c3cccc(F)c3)n[nH]2)cc1. The normalized spacial score (nSPS) is 11.0. The number of aryl methyl sites for hydroxylation is 1. The van der Waals surface area contributed by atoms with Crippen LogP contribution >= 0.6 is 0 Å². The van der Waals surface area contributed by atoms with Gasteiger partial charge in [0.05, 0.1) is 5.69 Å². The van der Waals surface area contributed by atoms with Crippen molar-refractivity contribution in [1.82, 2.24) is 20.4 Å². The van der Waals surface area contributed by atoms with Gasteiger partial charge in [0.2, 0.25) is 5.91 Å². The van der Waals surface area contributed by atoms with Gasteiger partial charge in [-0.1, -0.05) is 30.7 Å². The molecule has 0 atom stereocenters. The molecular formula is C26H29FN4O2. The fourth-order valence-corrected chi connectivity index (χ4v) is 3.42. The van der Waals surface area contributed by atoms with Gasteiger partial charge in [-0.05, 0) is 61.2 Å². The van der Waals surface area contributed by atoms with Crippen LogP contribution in [0.15, 0.2) is 60.7 Å². The molecule has 6 nitrogen and oxygen atoms in total. The van der Waals surface area contributed by atoms with E-state index in [0.29, 0.717) is 12.1 Å². The average Bonchev–Trinajstić information content (AvgIpc) is 3.31. The van der Waals surface area contributed by atoms with Crippen molar-refractivity contribution in [2.45, 2.75) is 25.7 Å². The fraction of sp³-hybridized carbons (Fsp3) is 0.269. The van der Waals surface area contributed by atoms with Crippen molar-refractivity contribution >= 4 is 17.9 Å². The molecule has 0 radical (unpaired) electrons. The van der Waals surface area contributed by atoms with E-state index in [2.05, 4.69) is 15.5 Å². The second-order valence-corrected chi connectivity index (χ2v) is 7.89. The quantitative estimate of drug-likeness (QED) is 0.355. The highest BCUT2D eigenvalue weighted by molar-refractivity contribution is 5.94. The number of hydrogen-bond donors (Lipinski definition) is 2. The molecular weight excluding hydrogens is 419 g/mol. The van der Waals surface area contributed by atoms with E-state index in [9.17, 15) is 14.0 Å². The number of H-pyrrole nitrogens is 1. The number of carbonyl (C=O) groups is 2. The Morgan fingerprint density at radius 2 is 1.88 bits per heavy atom. The number of benzene rings is 2. The Morgan fingerprint density at radius 1 is 1.09 bits per heavy atom. The minimum Gasteiger partial charge on any atom is -0.355 e. The molecule has 3 rings (SSSR count). The molecule has 0 aliphatic carbocycles. The van der Waals surface area contributed by atoms with Crippen LogP contribution in [0.4, 0.5) is 4.39 Å². The summed E-state index contributed by atoms with van der Waals surface area (Å²) in [6, 6.07) is 15.4. The first-order valence-electron chi connectivity index (χ1n) is 11.0. The summed E-state index contributed by atoms with van der Waals surface area (Å²) in [6.45, 7) is 0.677. The fourth-order valence-electron chi connectivity index (χ4n) is 3.42. The van der Waals surface area contributed by atoms with Crippen LogP contribution in [0.2, 0.25) is 0 Å². The zero-order valence-electron chi connectivity index (χ0n) is 19.0. The van der Waals surface area contributed by atoms with Gasteiger partial charge in [-0.3, -0.25) is 14.7 Å². The number of nitrogens with zero attached hydrogens (tertiary/aromatic N) is 2. The first kappa shape index (κ1) is 23.9. The Kier molecular flexibility index (Phi) is 8.52. The highest BCUT2D eigenvalue weighted by atomic mass is 19.1. The molecule has 7 heteroatoms. The summed E-state index contributed by atoms with van der Waals surface area (Å²) in [6.07, 6.45) is 7.01. The molecule has 0 saturated heterocycles. The van der Waals surface area contributed by atoms with Crippen molar-refractivity contribution in [2.24, 2.45) is 0 Å². The number of nitrogens with one attached hydrogen (secondary N) is 2. The van der Waals surface area contributed by atoms with E-state index in [0.717, 1.165) is 48.2 Å². The highest BCUT2D eigenvalue weighted by Crippen LogP contribution is 2.19. The Morgan fingerprint density at radius 3 is 2.61 bits per heavy atom. The summed E-state index contributed by atoms with van der Waals surface area (Å²) in [4.78, 5) is 25.6. The molecule has 1 aromatic heterocycles. The van der Waals surface area contributed by atoms with Gasteiger partial charge in [0.25, 0.3) is 5.91 Å². The smallest absolute Gasteiger partial charge is 0.251 e. The lowest BCUT2D eigenvalue weighted by molar-refractivity contribution is -0.124. The second kappa shape index (κ2) is 11.8. The molecule has 0 spiro atoms. The van der Waals surface area contributed by atoms with Crippen molar-refractivity contribution in [2.75, 3.05) is 20.6 Å². The van der Waals surface area contributed by atoms with Crippen molar-refractivity contribution in [3.63, 3.8) is 0 Å². The van der Waals surface area contributed by atoms with E-state index < -0.39 is 0 Å². The van der Waals surface area contributed by atoms with Crippen LogP contribution in [0.5, 0.6) is 0 Å². The second-order valence-electron chi connectivity index (χ2n) is 7.89. The number of hydrogen-bond acceptors (Lipinski definition) is 3. The molecule has 172 valence electrons. The molecule has 0 unspecified atom stereocenters. The van der Waals surface area contributed by atoms with Gasteiger partial charge >= 0.3 is 0 Å². The van der Waals surface area contributed by atoms with Gasteiger partial charge in [-0.25, -0.2) is 4.39 Å². The molecule has 33 heavy (non-hydrogen) atoms. The maximum Gasteiger partial charge on any atom is 0.251 e. The monoisotopic (exact) mass is 448 g/mol. The number of unbranched alkanes of at least 4 members (excludes halogenated alkanes) is 2. The summed E-state index contributed by atoms with van der Waals surface area (Å²) in [5.74, 6) is -0.468. The molecule has 0 aliphatic rings. The third-order valence-corrected chi connectivity index (χ3v) is 5.39. The summed E-state index contributed by atoms with van der Waals surface area (Å²) in [5.41, 5.74) is 3.96. The molecule has 2 aromatic carbocycles. The molecule has 2 amide bonds. The van der Waals surface area contributed by atoms with E-state index in [1.807, 2.05) is 24.3 Å². The topological polar surface area (TPSA) is 78.1 Å². The van der Waals surface area contributed by atoms with Crippen LogP contribution < -0.4 is 5.32 Å². The third kappa shape index (κ3) is 7.14. The van der Waals surface area contributed by atoms with Gasteiger partial charge < -0.3 is 10.2 Å². The number of carbonyl (C=O) groups excluding carboxylic acids is 2. The number of likely N-dealkylation sites (N-methyl/N-ethyl adjacent to an activating group) is 1. The number of aromatic amines is 1. The molecule has 0 bridgehead atoms. The van der Waals surface area contributed by atoms with Crippen LogP contribution in [0.25, 0.3) is 17.3 Å². The zero-order valence-corrected chi connectivity index (χ0v) is 19.0. The lowest BCUT2D eigenvalue weighted by Crippen LogP contribution is -2.25. The number of halogens is 1. The summed E-state index contributed by atoms with van der Waals surface area (Å²) in [7, 11) is 3.38. The first-order chi connectivity index (χ1) is 16.0. The van der Waals surface area contributed by atoms with E-state index in [-0.39, 0.29) is 17.6 Å². The molecule has 0 aliphatic heterocycles. The average molecular weight is 449 g/mol. The van der Waals surface area contributed by atoms with Crippen LogP contribution in [0.1, 0.15) is 40.9 Å². The summed E-state index contributed by atoms with van der Waals surface area (Å²) in [5, 5.41) is 9.87. The zero-order chi connectivity index (χ0) is 23.6. The Balaban J connectivity index is 1.37. The van der Waals surface area contributed by atoms with Crippen molar-refractivity contribution in [3.8, 4) is 11.3 Å². The van der Waals surface area contributed by atoms with Crippen LogP contribution in [-0.2, 0) is 11.2 Å². The van der Waals surface area contributed by atoms with Gasteiger partial charge in [-0.15, -0.1) is 0 Å². The molecule has 3 aromatic rings. The summed E-state index contributed by atoms with van der Waals surface area (Å²) < 4.78 is 13.4. The largest absolute Gasteiger partial charge is 0.355 e. The Hall–Kier alpha value is -3.74. The molecule has 0 saturated carbocycles. The van der Waals surface area contributed by atoms with Crippen molar-refractivity contribution < 1.29 is 14.0 Å². The minimum absolute atomic E-state index is 0.0568. The van der Waals surface area contributed by atoms with Crippen LogP contribution in [0.3, 0.4) is 0 Å². The van der Waals surface area contributed by atoms with Gasteiger partial charge in [-0.2, -0.15) is 5.10 Å². The van der Waals surface area contributed by atoms with Gasteiger partial charge in [0, 0.05) is 43.5 Å². The summed E-state index contributed by atoms with van der Waals surface area (Å²) >= 11 is 0. The number of aromatic nitrogens is 2. The van der Waals surface area contributed by atoms with E-state index >= 15 is 0 Å². The molecule has 1 heterocycles. The van der Waals surface area contributed by atoms with Crippen LogP contribution in [0, 0.1) is 5.82 Å².